The smallest absolute Gasteiger partial charge is 0.331 e. The largest absolute Gasteiger partial charge is 0.462 e. The zero-order valence-electron chi connectivity index (χ0n) is 22.1. The lowest BCUT2D eigenvalue weighted by molar-refractivity contribution is -0.232. The van der Waals surface area contributed by atoms with Gasteiger partial charge in [0.25, 0.3) is 0 Å². The van der Waals surface area contributed by atoms with E-state index in [2.05, 4.69) is 19.9 Å². The average molecular weight is 529 g/mol. The van der Waals surface area contributed by atoms with Crippen molar-refractivity contribution in [1.82, 2.24) is 0 Å². The Balaban J connectivity index is 1.44. The van der Waals surface area contributed by atoms with Crippen LogP contribution in [0.2, 0.25) is 0 Å². The molecule has 0 unspecified atom stereocenters. The van der Waals surface area contributed by atoms with E-state index in [0.717, 1.165) is 6.42 Å². The Morgan fingerprint density at radius 2 is 1.87 bits per heavy atom. The number of allylic oxidation sites excluding steroid dienone is 3. The average Bonchev–Trinajstić information content (AvgIpc) is 3.65. The van der Waals surface area contributed by atoms with Crippen LogP contribution in [0.25, 0.3) is 0 Å². The van der Waals surface area contributed by atoms with Gasteiger partial charge in [0.15, 0.2) is 0 Å². The summed E-state index contributed by atoms with van der Waals surface area (Å²) >= 11 is 0. The molecule has 0 aromatic carbocycles. The maximum Gasteiger partial charge on any atom is 0.331 e. The number of esters is 2. The molecule has 6 rings (SSSR count). The Hall–Kier alpha value is -2.30. The van der Waals surface area contributed by atoms with Gasteiger partial charge in [0.05, 0.1) is 36.9 Å². The standard InChI is InChI=1S/C29H36O9/c1-17-7-10-27-15-34-24(32)13-19-8-11-35-28(18(2)30,25(19)33)9-5-4-6-23(31)38-20-14-22(37-21(27)12-17)29(16-36-29)26(20,27)3/h4-6,9,12-13,18,20-22,25,30,33H,7-8,10-11,14-16H2,1-3H3/b6-4+,9-5+,19-13+/t18-,20+,21+,22+,25-,26+,27+,28+,29-/m0/s1. The van der Waals surface area contributed by atoms with Crippen molar-refractivity contribution in [3.63, 3.8) is 0 Å². The first-order chi connectivity index (χ1) is 18.1. The van der Waals surface area contributed by atoms with Gasteiger partial charge in [0, 0.05) is 24.0 Å². The van der Waals surface area contributed by atoms with Gasteiger partial charge >= 0.3 is 11.9 Å². The maximum absolute atomic E-state index is 13.2. The Morgan fingerprint density at radius 1 is 1.08 bits per heavy atom. The normalized spacial score (nSPS) is 50.0. The summed E-state index contributed by atoms with van der Waals surface area (Å²) in [7, 11) is 0. The minimum absolute atomic E-state index is 0.0519. The molecular formula is C29H36O9. The second-order valence-corrected chi connectivity index (χ2v) is 11.8. The molecule has 206 valence electrons. The lowest BCUT2D eigenvalue weighted by Crippen LogP contribution is -2.66. The highest BCUT2D eigenvalue weighted by Gasteiger charge is 2.83. The summed E-state index contributed by atoms with van der Waals surface area (Å²) in [6, 6.07) is 0. The van der Waals surface area contributed by atoms with Gasteiger partial charge in [-0.05, 0) is 44.8 Å². The number of ether oxygens (including phenoxy) is 5. The lowest BCUT2D eigenvalue weighted by atomic mass is 9.51. The molecule has 38 heavy (non-hydrogen) atoms. The van der Waals surface area contributed by atoms with E-state index in [-0.39, 0.29) is 25.4 Å². The quantitative estimate of drug-likeness (QED) is 0.299. The molecule has 9 nitrogen and oxygen atoms in total. The molecule has 0 aromatic heterocycles. The third-order valence-electron chi connectivity index (χ3n) is 10.1. The van der Waals surface area contributed by atoms with Crippen molar-refractivity contribution in [1.29, 1.82) is 0 Å². The molecule has 3 saturated heterocycles. The van der Waals surface area contributed by atoms with E-state index in [0.29, 0.717) is 31.4 Å². The zero-order chi connectivity index (χ0) is 26.9. The van der Waals surface area contributed by atoms with E-state index in [1.807, 2.05) is 0 Å². The van der Waals surface area contributed by atoms with Crippen LogP contribution in [0.3, 0.4) is 0 Å². The molecular weight excluding hydrogens is 492 g/mol. The maximum atomic E-state index is 13.2. The number of rotatable bonds is 1. The van der Waals surface area contributed by atoms with Crippen LogP contribution in [0.15, 0.2) is 47.6 Å². The highest BCUT2D eigenvalue weighted by Crippen LogP contribution is 2.72. The topological polar surface area (TPSA) is 124 Å². The summed E-state index contributed by atoms with van der Waals surface area (Å²) in [6.07, 6.45) is 8.21. The molecule has 9 heteroatoms. The SMILES string of the molecule is CC1=C[C@H]2O[C@@H]3C[C@H]4OC(=O)/C=C/C=C/[C@]5([C@H](C)O)OCC/C(=C\C(=O)OC[C@@]2(CC1)[C@]4(C)[C@]31CO1)[C@@H]5O. The summed E-state index contributed by atoms with van der Waals surface area (Å²) < 4.78 is 30.6. The van der Waals surface area contributed by atoms with E-state index in [1.54, 1.807) is 6.08 Å². The fraction of sp³-hybridized carbons (Fsp3) is 0.655. The van der Waals surface area contributed by atoms with E-state index in [4.69, 9.17) is 23.7 Å². The van der Waals surface area contributed by atoms with Crippen molar-refractivity contribution in [2.75, 3.05) is 19.8 Å². The van der Waals surface area contributed by atoms with Crippen LogP contribution < -0.4 is 0 Å². The molecule has 0 radical (unpaired) electrons. The summed E-state index contributed by atoms with van der Waals surface area (Å²) in [5.74, 6) is -1.10. The van der Waals surface area contributed by atoms with Gasteiger partial charge in [-0.25, -0.2) is 9.59 Å². The molecule has 4 heterocycles. The van der Waals surface area contributed by atoms with Crippen molar-refractivity contribution in [3.8, 4) is 0 Å². The van der Waals surface area contributed by atoms with Crippen molar-refractivity contribution >= 4 is 11.9 Å². The van der Waals surface area contributed by atoms with E-state index >= 15 is 0 Å². The van der Waals surface area contributed by atoms with Crippen molar-refractivity contribution < 1.29 is 43.5 Å². The monoisotopic (exact) mass is 528 g/mol. The summed E-state index contributed by atoms with van der Waals surface area (Å²) in [5.41, 5.74) is -1.76. The molecule has 4 bridgehead atoms. The van der Waals surface area contributed by atoms with Crippen molar-refractivity contribution in [3.05, 3.63) is 47.6 Å². The predicted octanol–water partition coefficient (Wildman–Crippen LogP) is 2.07. The number of cyclic esters (lactones) is 1. The van der Waals surface area contributed by atoms with Crippen LogP contribution in [-0.4, -0.2) is 83.7 Å². The Kier molecular flexibility index (Phi) is 6.05. The number of epoxide rings is 1. The van der Waals surface area contributed by atoms with Gasteiger partial charge in [-0.15, -0.1) is 0 Å². The van der Waals surface area contributed by atoms with Gasteiger partial charge in [-0.3, -0.25) is 0 Å². The molecule has 4 aliphatic heterocycles. The summed E-state index contributed by atoms with van der Waals surface area (Å²) in [4.78, 5) is 26.2. The zero-order valence-corrected chi connectivity index (χ0v) is 22.1. The molecule has 0 amide bonds. The predicted molar refractivity (Wildman–Crippen MR) is 134 cm³/mol. The fourth-order valence-electron chi connectivity index (χ4n) is 7.68. The van der Waals surface area contributed by atoms with Gasteiger partial charge in [-0.2, -0.15) is 0 Å². The summed E-state index contributed by atoms with van der Waals surface area (Å²) in [6.45, 7) is 6.43. The third-order valence-corrected chi connectivity index (χ3v) is 10.1. The van der Waals surface area contributed by atoms with E-state index < -0.39 is 52.3 Å². The third kappa shape index (κ3) is 3.48. The Bertz CT molecular complexity index is 1150. The van der Waals surface area contributed by atoms with Crippen LogP contribution in [0, 0.1) is 10.8 Å². The highest BCUT2D eigenvalue weighted by molar-refractivity contribution is 5.83. The van der Waals surface area contributed by atoms with E-state index in [9.17, 15) is 19.8 Å². The Morgan fingerprint density at radius 3 is 2.61 bits per heavy atom. The number of aliphatic hydroxyl groups is 2. The second kappa shape index (κ2) is 8.86. The molecule has 4 fully saturated rings. The van der Waals surface area contributed by atoms with Crippen LogP contribution >= 0.6 is 0 Å². The van der Waals surface area contributed by atoms with Gasteiger partial charge in [-0.1, -0.05) is 30.7 Å². The first-order valence-electron chi connectivity index (χ1n) is 13.5. The minimum Gasteiger partial charge on any atom is -0.462 e. The molecule has 2 spiro atoms. The van der Waals surface area contributed by atoms with Crippen molar-refractivity contribution in [2.45, 2.75) is 88.2 Å². The Labute approximate surface area is 222 Å². The van der Waals surface area contributed by atoms with Crippen molar-refractivity contribution in [2.24, 2.45) is 10.8 Å². The number of hydrogen-bond donors (Lipinski definition) is 2. The van der Waals surface area contributed by atoms with Gasteiger partial charge in [0.1, 0.15) is 30.0 Å². The number of hydrogen-bond acceptors (Lipinski definition) is 9. The number of carbonyl (C=O) groups is 2. The molecule has 6 aliphatic rings. The molecule has 2 aliphatic carbocycles. The van der Waals surface area contributed by atoms with E-state index in [1.165, 1.54) is 36.8 Å². The first-order valence-corrected chi connectivity index (χ1v) is 13.5. The number of aliphatic hydroxyl groups excluding tert-OH is 2. The lowest BCUT2D eigenvalue weighted by Gasteiger charge is -2.58. The first kappa shape index (κ1) is 26.0. The number of carbonyl (C=O) groups excluding carboxylic acids is 2. The summed E-state index contributed by atoms with van der Waals surface area (Å²) in [5, 5.41) is 21.7. The minimum atomic E-state index is -1.47. The van der Waals surface area contributed by atoms with Gasteiger partial charge < -0.3 is 33.9 Å². The molecule has 0 aromatic rings. The fourth-order valence-corrected chi connectivity index (χ4v) is 7.68. The molecule has 2 N–H and O–H groups in total. The highest BCUT2D eigenvalue weighted by atomic mass is 16.6. The molecule has 1 saturated carbocycles. The van der Waals surface area contributed by atoms with Crippen LogP contribution in [0.4, 0.5) is 0 Å². The van der Waals surface area contributed by atoms with Crippen LogP contribution in [0.5, 0.6) is 0 Å². The number of fused-ring (bicyclic) bond motifs is 2. The van der Waals surface area contributed by atoms with Crippen LogP contribution in [-0.2, 0) is 33.3 Å². The second-order valence-electron chi connectivity index (χ2n) is 11.8. The van der Waals surface area contributed by atoms with Crippen LogP contribution in [0.1, 0.15) is 46.5 Å². The molecule has 9 atom stereocenters. The van der Waals surface area contributed by atoms with Gasteiger partial charge in [0.2, 0.25) is 0 Å².